The molecule has 0 N–H and O–H groups in total. The van der Waals surface area contributed by atoms with E-state index in [2.05, 4.69) is 22.1 Å². The molecule has 8 heteroatoms. The van der Waals surface area contributed by atoms with Crippen LogP contribution >= 0.6 is 0 Å². The largest absolute Gasteiger partial charge is 0.435 e. The number of likely N-dealkylation sites (tertiary alicyclic amines) is 1. The normalized spacial score (nSPS) is 18.7. The lowest BCUT2D eigenvalue weighted by Gasteiger charge is -2.40. The Hall–Kier alpha value is -3.29. The fourth-order valence-corrected chi connectivity index (χ4v) is 4.62. The monoisotopic (exact) mass is 468 g/mol. The van der Waals surface area contributed by atoms with Gasteiger partial charge in [0, 0.05) is 29.9 Å². The Morgan fingerprint density at radius 3 is 2.62 bits per heavy atom. The average molecular weight is 469 g/mol. The van der Waals surface area contributed by atoms with Crippen molar-refractivity contribution in [2.75, 3.05) is 6.54 Å². The van der Waals surface area contributed by atoms with E-state index < -0.39 is 11.9 Å². The smallest absolute Gasteiger partial charge is 0.335 e. The Labute approximate surface area is 197 Å². The van der Waals surface area contributed by atoms with Crippen molar-refractivity contribution in [3.05, 3.63) is 77.2 Å². The Kier molecular flexibility index (Phi) is 6.95. The molecule has 0 bridgehead atoms. The predicted octanol–water partition coefficient (Wildman–Crippen LogP) is 5.74. The highest BCUT2D eigenvalue weighted by molar-refractivity contribution is 6.01. The fourth-order valence-electron chi connectivity index (χ4n) is 4.62. The highest BCUT2D eigenvalue weighted by Crippen LogP contribution is 2.31. The third-order valence-corrected chi connectivity index (χ3v) is 6.43. The number of benzene rings is 1. The molecule has 2 aromatic heterocycles. The quantitative estimate of drug-likeness (QED) is 0.479. The van der Waals surface area contributed by atoms with Crippen molar-refractivity contribution in [2.45, 2.75) is 51.7 Å². The summed E-state index contributed by atoms with van der Waals surface area (Å²) >= 11 is 0. The minimum absolute atomic E-state index is 0.0394. The van der Waals surface area contributed by atoms with Crippen molar-refractivity contribution < 1.29 is 18.0 Å². The maximum Gasteiger partial charge on any atom is 0.435 e. The van der Waals surface area contributed by atoms with Gasteiger partial charge in [-0.3, -0.25) is 9.78 Å². The van der Waals surface area contributed by atoms with Gasteiger partial charge in [-0.25, -0.2) is 0 Å². The van der Waals surface area contributed by atoms with Gasteiger partial charge in [0.25, 0.3) is 5.91 Å². The molecule has 1 aromatic carbocycles. The van der Waals surface area contributed by atoms with Gasteiger partial charge in [0.2, 0.25) is 0 Å². The summed E-state index contributed by atoms with van der Waals surface area (Å²) in [5, 5.41) is 7.09. The zero-order valence-corrected chi connectivity index (χ0v) is 19.2. The third-order valence-electron chi connectivity index (χ3n) is 6.43. The number of carbonyl (C=O) groups excluding carboxylic acids is 1. The average Bonchev–Trinajstić information content (AvgIpc) is 2.83. The SMILES string of the molecule is Cc1ccc(-c2ccccn2)c(C(=O)N2CCC[C@@H](C)C2CCc2ccc(C(F)(F)F)nn2)c1. The lowest BCUT2D eigenvalue weighted by molar-refractivity contribution is -0.141. The third kappa shape index (κ3) is 5.26. The second-order valence-corrected chi connectivity index (χ2v) is 8.90. The summed E-state index contributed by atoms with van der Waals surface area (Å²) in [5.74, 6) is 0.225. The van der Waals surface area contributed by atoms with E-state index in [9.17, 15) is 18.0 Å². The van der Waals surface area contributed by atoms with Crippen LogP contribution in [-0.4, -0.2) is 38.6 Å². The van der Waals surface area contributed by atoms with E-state index in [0.717, 1.165) is 35.7 Å². The minimum atomic E-state index is -4.51. The molecule has 0 spiro atoms. The second-order valence-electron chi connectivity index (χ2n) is 8.90. The molecule has 1 aliphatic heterocycles. The molecule has 178 valence electrons. The lowest BCUT2D eigenvalue weighted by Crippen LogP contribution is -2.48. The van der Waals surface area contributed by atoms with E-state index in [0.29, 0.717) is 30.6 Å². The van der Waals surface area contributed by atoms with Crippen LogP contribution in [-0.2, 0) is 12.6 Å². The van der Waals surface area contributed by atoms with Crippen LogP contribution in [0.4, 0.5) is 13.2 Å². The van der Waals surface area contributed by atoms with Gasteiger partial charge in [-0.2, -0.15) is 18.3 Å². The number of alkyl halides is 3. The Morgan fingerprint density at radius 1 is 1.12 bits per heavy atom. The van der Waals surface area contributed by atoms with E-state index in [1.54, 1.807) is 6.20 Å². The first-order valence-electron chi connectivity index (χ1n) is 11.5. The van der Waals surface area contributed by atoms with E-state index in [1.807, 2.05) is 48.2 Å². The highest BCUT2D eigenvalue weighted by atomic mass is 19.4. The van der Waals surface area contributed by atoms with E-state index >= 15 is 0 Å². The molecule has 1 aliphatic rings. The Morgan fingerprint density at radius 2 is 1.94 bits per heavy atom. The van der Waals surface area contributed by atoms with Gasteiger partial charge < -0.3 is 4.90 Å². The van der Waals surface area contributed by atoms with Crippen LogP contribution in [0, 0.1) is 12.8 Å². The summed E-state index contributed by atoms with van der Waals surface area (Å²) in [5.41, 5.74) is 2.63. The molecule has 4 rings (SSSR count). The Bertz CT molecular complexity index is 1130. The van der Waals surface area contributed by atoms with Crippen molar-refractivity contribution in [2.24, 2.45) is 5.92 Å². The summed E-state index contributed by atoms with van der Waals surface area (Å²) in [6.45, 7) is 4.72. The molecule has 1 amide bonds. The van der Waals surface area contributed by atoms with Crippen molar-refractivity contribution in [3.63, 3.8) is 0 Å². The van der Waals surface area contributed by atoms with Crippen LogP contribution in [0.15, 0.2) is 54.7 Å². The number of aromatic nitrogens is 3. The van der Waals surface area contributed by atoms with Crippen molar-refractivity contribution in [3.8, 4) is 11.3 Å². The molecular weight excluding hydrogens is 441 g/mol. The van der Waals surface area contributed by atoms with Crippen molar-refractivity contribution in [1.82, 2.24) is 20.1 Å². The van der Waals surface area contributed by atoms with Gasteiger partial charge in [-0.1, -0.05) is 30.7 Å². The summed E-state index contributed by atoms with van der Waals surface area (Å²) in [7, 11) is 0. The summed E-state index contributed by atoms with van der Waals surface area (Å²) in [6.07, 6.45) is 0.164. The molecule has 0 radical (unpaired) electrons. The standard InChI is InChI=1S/C26H27F3N4O/c1-17-8-11-20(22-7-3-4-14-30-22)21(16-17)25(34)33-15-5-6-18(2)23(33)12-9-19-10-13-24(32-31-19)26(27,28)29/h3-4,7-8,10-11,13-14,16,18,23H,5-6,9,12,15H2,1-2H3/t18-,23?/m1/s1. The molecule has 1 unspecified atom stereocenters. The Balaban J connectivity index is 1.57. The van der Waals surface area contributed by atoms with Crippen LogP contribution in [0.25, 0.3) is 11.3 Å². The number of rotatable bonds is 5. The lowest BCUT2D eigenvalue weighted by atomic mass is 9.86. The number of piperidine rings is 1. The number of hydrogen-bond donors (Lipinski definition) is 0. The van der Waals surface area contributed by atoms with Crippen molar-refractivity contribution in [1.29, 1.82) is 0 Å². The molecule has 5 nitrogen and oxygen atoms in total. The molecule has 2 atom stereocenters. The van der Waals surface area contributed by atoms with Gasteiger partial charge in [0.15, 0.2) is 5.69 Å². The molecule has 0 saturated carbocycles. The first kappa shape index (κ1) is 23.9. The van der Waals surface area contributed by atoms with E-state index in [4.69, 9.17) is 0 Å². The van der Waals surface area contributed by atoms with Gasteiger partial charge in [-0.15, -0.1) is 5.10 Å². The first-order chi connectivity index (χ1) is 16.2. The number of halogens is 3. The van der Waals surface area contributed by atoms with Crippen LogP contribution in [0.1, 0.15) is 53.5 Å². The van der Waals surface area contributed by atoms with E-state index in [-0.39, 0.29) is 17.9 Å². The van der Waals surface area contributed by atoms with Crippen LogP contribution in [0.2, 0.25) is 0 Å². The number of carbonyl (C=O) groups is 1. The predicted molar refractivity (Wildman–Crippen MR) is 123 cm³/mol. The number of nitrogens with zero attached hydrogens (tertiary/aromatic N) is 4. The fraction of sp³-hybridized carbons (Fsp3) is 0.385. The highest BCUT2D eigenvalue weighted by Gasteiger charge is 2.34. The molecule has 34 heavy (non-hydrogen) atoms. The summed E-state index contributed by atoms with van der Waals surface area (Å²) in [6, 6.07) is 13.7. The number of amides is 1. The van der Waals surface area contributed by atoms with Gasteiger partial charge in [0.1, 0.15) is 0 Å². The van der Waals surface area contributed by atoms with Crippen LogP contribution in [0.5, 0.6) is 0 Å². The second kappa shape index (κ2) is 9.91. The molecule has 3 heterocycles. The summed E-state index contributed by atoms with van der Waals surface area (Å²) < 4.78 is 38.3. The van der Waals surface area contributed by atoms with Crippen LogP contribution in [0.3, 0.4) is 0 Å². The molecule has 1 fully saturated rings. The molecule has 1 saturated heterocycles. The topological polar surface area (TPSA) is 59.0 Å². The molecular formula is C26H27F3N4O. The van der Waals surface area contributed by atoms with E-state index in [1.165, 1.54) is 6.07 Å². The maximum atomic E-state index is 13.8. The van der Waals surface area contributed by atoms with Gasteiger partial charge >= 0.3 is 6.18 Å². The first-order valence-corrected chi connectivity index (χ1v) is 11.5. The summed E-state index contributed by atoms with van der Waals surface area (Å²) in [4.78, 5) is 20.2. The zero-order chi connectivity index (χ0) is 24.3. The van der Waals surface area contributed by atoms with Crippen LogP contribution < -0.4 is 0 Å². The number of hydrogen-bond acceptors (Lipinski definition) is 4. The van der Waals surface area contributed by atoms with Crippen molar-refractivity contribution >= 4 is 5.91 Å². The number of pyridine rings is 1. The molecule has 3 aromatic rings. The molecule has 0 aliphatic carbocycles. The van der Waals surface area contributed by atoms with Gasteiger partial charge in [0.05, 0.1) is 11.4 Å². The zero-order valence-electron chi connectivity index (χ0n) is 19.2. The number of aryl methyl sites for hydroxylation is 2. The minimum Gasteiger partial charge on any atom is -0.335 e. The maximum absolute atomic E-state index is 13.8. The van der Waals surface area contributed by atoms with Gasteiger partial charge in [-0.05, 0) is 68.9 Å².